The van der Waals surface area contributed by atoms with Crippen LogP contribution in [0.5, 0.6) is 0 Å². The van der Waals surface area contributed by atoms with Crippen LogP contribution < -0.4 is 32.3 Å². The topological polar surface area (TPSA) is 265 Å². The number of nitrogens with zero attached hydrogens (tertiary/aromatic N) is 4. The summed E-state index contributed by atoms with van der Waals surface area (Å²) in [6.07, 6.45) is 12.7. The number of likely N-dealkylation sites (tertiary alicyclic amines) is 1. The largest absolute Gasteiger partial charge is 0.391 e. The summed E-state index contributed by atoms with van der Waals surface area (Å²) in [6.45, 7) is 22.6. The Hall–Kier alpha value is -5.69. The number of aryl methyl sites for hydroxylation is 1. The van der Waals surface area contributed by atoms with Crippen LogP contribution in [0.4, 0.5) is 5.69 Å². The highest BCUT2D eigenvalue weighted by atomic mass is 32.1. The van der Waals surface area contributed by atoms with Crippen LogP contribution >= 0.6 is 11.3 Å². The molecule has 4 aliphatic rings. The zero-order valence-electron chi connectivity index (χ0n) is 53.2. The van der Waals surface area contributed by atoms with Crippen molar-refractivity contribution >= 4 is 46.2 Å². The Labute approximate surface area is 525 Å². The van der Waals surface area contributed by atoms with E-state index in [4.69, 9.17) is 19.9 Å². The SMILES string of the molecule is C/C=C/C(C)=C(/CNC(O)c1cc(C2=CC=C(CN3CCN(CC(=O)NCCCCCOCCCOCCC(O)N[C@H](C(=O)N4C[C@H](O)C[C@H]4C(=O)NCc4ccc(-c5scnc5C)cc4)C(C)(C)C)CC3)CC2)cc(NC2CCOCC2)c1C)C(N)=O. The van der Waals surface area contributed by atoms with Crippen LogP contribution in [0.15, 0.2) is 82.9 Å². The third kappa shape index (κ3) is 21.5. The lowest BCUT2D eigenvalue weighted by Gasteiger charge is -2.36. The maximum atomic E-state index is 14.1. The van der Waals surface area contributed by atoms with Crippen LogP contribution in [0.25, 0.3) is 16.0 Å². The molecule has 0 bridgehead atoms. The van der Waals surface area contributed by atoms with Gasteiger partial charge in [0, 0.05) is 128 Å². The van der Waals surface area contributed by atoms with E-state index in [1.54, 1.807) is 11.3 Å². The smallest absolute Gasteiger partial charge is 0.246 e. The number of unbranched alkanes of at least 4 members (excludes halogenated alkanes) is 2. The van der Waals surface area contributed by atoms with Gasteiger partial charge < -0.3 is 56.1 Å². The highest BCUT2D eigenvalue weighted by Crippen LogP contribution is 2.35. The van der Waals surface area contributed by atoms with Crippen molar-refractivity contribution in [2.75, 3.05) is 104 Å². The van der Waals surface area contributed by atoms with Crippen LogP contribution in [0.3, 0.4) is 0 Å². The van der Waals surface area contributed by atoms with E-state index in [1.807, 2.05) is 90.4 Å². The summed E-state index contributed by atoms with van der Waals surface area (Å²) in [6, 6.07) is 10.8. The van der Waals surface area contributed by atoms with Gasteiger partial charge in [-0.1, -0.05) is 74.9 Å². The Morgan fingerprint density at radius 2 is 1.61 bits per heavy atom. The minimum absolute atomic E-state index is 0.0304. The molecule has 3 fully saturated rings. The van der Waals surface area contributed by atoms with Crippen molar-refractivity contribution in [1.82, 2.24) is 41.0 Å². The monoisotopic (exact) mass is 1240 g/mol. The molecule has 1 aliphatic carbocycles. The zero-order valence-corrected chi connectivity index (χ0v) is 54.0. The molecule has 484 valence electrons. The standard InChI is InChI=1S/C67H100N10O10S/c1-8-13-45(2)56(63(68)81)40-71-64(82)55-36-52(37-57(46(55)3)73-53-22-33-87-34-23-53)50-18-16-49(17-19-50)41-75-26-28-76(29-27-75)43-60(80)69-25-10-9-11-30-85-31-12-32-86-35-24-59(79)74-62(67(5,6)7)66(84)77-42-54(78)38-58(77)65(83)70-39-48-14-20-51(21-15-48)61-47(4)72-44-88-61/h8,13-16,18,20-21,36-37,44,53-54,58-59,62,64,71,73-74,78-79,82H,9-12,17,19,22-35,38-43H2,1-7H3,(H2,68,81)(H,69,80)(H,70,83)/b13-8+,56-45-/t54-,58+,59?,62-,64?/m1/s1. The van der Waals surface area contributed by atoms with Gasteiger partial charge in [0.1, 0.15) is 18.5 Å². The summed E-state index contributed by atoms with van der Waals surface area (Å²) in [5.41, 5.74) is 17.4. The van der Waals surface area contributed by atoms with Crippen LogP contribution in [0.2, 0.25) is 0 Å². The molecule has 20 nitrogen and oxygen atoms in total. The van der Waals surface area contributed by atoms with Crippen molar-refractivity contribution in [3.8, 4) is 10.4 Å². The number of nitrogens with two attached hydrogens (primary N) is 1. The van der Waals surface area contributed by atoms with Crippen LogP contribution in [0.1, 0.15) is 133 Å². The Morgan fingerprint density at radius 1 is 0.898 bits per heavy atom. The van der Waals surface area contributed by atoms with Gasteiger partial charge in [0.05, 0.1) is 41.4 Å². The second-order valence-electron chi connectivity index (χ2n) is 25.0. The molecule has 5 atom stereocenters. The molecule has 4 amide bonds. The molecular formula is C67H100N10O10S. The average molecular weight is 1240 g/mol. The van der Waals surface area contributed by atoms with E-state index in [2.05, 4.69) is 65.7 Å². The molecular weight excluding hydrogens is 1140 g/mol. The number of amides is 4. The van der Waals surface area contributed by atoms with E-state index in [0.29, 0.717) is 58.1 Å². The van der Waals surface area contributed by atoms with Gasteiger partial charge in [-0.25, -0.2) is 4.98 Å². The number of piperazine rings is 1. The average Bonchev–Trinajstić information content (AvgIpc) is 1.70. The van der Waals surface area contributed by atoms with Gasteiger partial charge in [-0.2, -0.15) is 0 Å². The zero-order chi connectivity index (χ0) is 63.2. The fraction of sp³-hybridized carbons (Fsp3) is 0.597. The lowest BCUT2D eigenvalue weighted by atomic mass is 9.85. The van der Waals surface area contributed by atoms with Crippen molar-refractivity contribution in [2.45, 2.75) is 156 Å². The van der Waals surface area contributed by atoms with Gasteiger partial charge in [0.15, 0.2) is 0 Å². The molecule has 3 aliphatic heterocycles. The fourth-order valence-electron chi connectivity index (χ4n) is 11.7. The van der Waals surface area contributed by atoms with Crippen molar-refractivity contribution in [1.29, 1.82) is 0 Å². The Kier molecular flexibility index (Phi) is 27.8. The third-order valence-corrected chi connectivity index (χ3v) is 18.0. The highest BCUT2D eigenvalue weighted by Gasteiger charge is 2.44. The quantitative estimate of drug-likeness (QED) is 0.0138. The molecule has 88 heavy (non-hydrogen) atoms. The molecule has 4 heterocycles. The number of hydrogen-bond donors (Lipinski definition) is 9. The summed E-state index contributed by atoms with van der Waals surface area (Å²) in [5, 5.41) is 49.2. The van der Waals surface area contributed by atoms with E-state index in [1.165, 1.54) is 16.0 Å². The number of thiazole rings is 1. The number of primary amides is 1. The molecule has 1 aromatic heterocycles. The van der Waals surface area contributed by atoms with Crippen molar-refractivity contribution in [2.24, 2.45) is 11.1 Å². The highest BCUT2D eigenvalue weighted by molar-refractivity contribution is 7.13. The second kappa shape index (κ2) is 35.1. The van der Waals surface area contributed by atoms with E-state index in [0.717, 1.165) is 127 Å². The van der Waals surface area contributed by atoms with Crippen molar-refractivity contribution in [3.05, 3.63) is 111 Å². The van der Waals surface area contributed by atoms with E-state index in [9.17, 15) is 34.5 Å². The maximum absolute atomic E-state index is 14.1. The Bertz CT molecular complexity index is 2870. The summed E-state index contributed by atoms with van der Waals surface area (Å²) >= 11 is 1.58. The molecule has 21 heteroatoms. The first-order valence-electron chi connectivity index (χ1n) is 31.8. The third-order valence-electron chi connectivity index (χ3n) is 17.0. The number of rotatable bonds is 33. The first-order chi connectivity index (χ1) is 42.3. The number of β-amino-alcohol motifs (C(OH)–C–C–N with tert-alkyl or cyclic N) is 1. The number of aliphatic hydroxyl groups is 3. The molecule has 10 N–H and O–H groups in total. The molecule has 3 aromatic rings. The molecule has 2 aromatic carbocycles. The van der Waals surface area contributed by atoms with Gasteiger partial charge in [0.25, 0.3) is 0 Å². The number of aromatic nitrogens is 1. The van der Waals surface area contributed by atoms with Gasteiger partial charge in [-0.3, -0.25) is 39.6 Å². The summed E-state index contributed by atoms with van der Waals surface area (Å²) in [4.78, 5) is 64.3. The lowest BCUT2D eigenvalue weighted by molar-refractivity contribution is -0.143. The Morgan fingerprint density at radius 3 is 2.28 bits per heavy atom. The second-order valence-corrected chi connectivity index (χ2v) is 25.8. The number of aliphatic hydroxyl groups excluding tert-OH is 3. The van der Waals surface area contributed by atoms with E-state index < -0.39 is 42.0 Å². The van der Waals surface area contributed by atoms with E-state index in [-0.39, 0.29) is 62.8 Å². The van der Waals surface area contributed by atoms with Crippen LogP contribution in [-0.2, 0) is 39.9 Å². The van der Waals surface area contributed by atoms with Gasteiger partial charge in [-0.15, -0.1) is 11.3 Å². The normalized spacial score (nSPS) is 19.5. The number of carbonyl (C=O) groups excluding carboxylic acids is 4. The number of hydrogen-bond acceptors (Lipinski definition) is 17. The number of anilines is 1. The van der Waals surface area contributed by atoms with E-state index >= 15 is 0 Å². The summed E-state index contributed by atoms with van der Waals surface area (Å²) in [5.74, 6) is -1.15. The maximum Gasteiger partial charge on any atom is 0.246 e. The number of nitrogens with one attached hydrogen (secondary N) is 5. The lowest BCUT2D eigenvalue weighted by Crippen LogP contribution is -2.58. The first kappa shape index (κ1) is 69.8. The van der Waals surface area contributed by atoms with Crippen LogP contribution in [-0.4, -0.2) is 188 Å². The van der Waals surface area contributed by atoms with Crippen LogP contribution in [0, 0.1) is 19.3 Å². The van der Waals surface area contributed by atoms with Crippen molar-refractivity contribution < 1.29 is 48.7 Å². The first-order valence-corrected chi connectivity index (χ1v) is 32.6. The molecule has 3 saturated heterocycles. The minimum atomic E-state index is -1.03. The predicted octanol–water partition coefficient (Wildman–Crippen LogP) is 6.40. The minimum Gasteiger partial charge on any atom is -0.391 e. The molecule has 0 spiro atoms. The van der Waals surface area contributed by atoms with Gasteiger partial charge >= 0.3 is 0 Å². The summed E-state index contributed by atoms with van der Waals surface area (Å²) in [7, 11) is 0. The number of benzene rings is 2. The number of carbonyl (C=O) groups is 4. The Balaban J connectivity index is 0.726. The number of allylic oxidation sites excluding steroid dienone is 6. The van der Waals surface area contributed by atoms with Crippen molar-refractivity contribution in [3.63, 3.8) is 0 Å². The fourth-order valence-corrected chi connectivity index (χ4v) is 12.5. The molecule has 0 radical (unpaired) electrons. The molecule has 2 unspecified atom stereocenters. The van der Waals surface area contributed by atoms with Gasteiger partial charge in [0.2, 0.25) is 23.6 Å². The molecule has 7 rings (SSSR count). The predicted molar refractivity (Wildman–Crippen MR) is 347 cm³/mol. The molecule has 0 saturated carbocycles. The number of ether oxygens (including phenoxy) is 3. The van der Waals surface area contributed by atoms with Gasteiger partial charge in [-0.05, 0) is 130 Å². The summed E-state index contributed by atoms with van der Waals surface area (Å²) < 4.78 is 17.2.